The minimum Gasteiger partial charge on any atom is -0.747 e. The van der Waals surface area contributed by atoms with Crippen molar-refractivity contribution in [2.24, 2.45) is 20.5 Å². The van der Waals surface area contributed by atoms with Gasteiger partial charge in [0.1, 0.15) is 60.4 Å². The molecule has 5 aromatic rings. The van der Waals surface area contributed by atoms with E-state index in [0.717, 1.165) is 36.4 Å². The number of phenolic OH excluding ortho intramolecular Hbond substituents is 1. The molecule has 0 radical (unpaired) electrons. The molecule has 0 aliphatic carbocycles. The normalized spacial score (nSPS) is 11.7. The fraction of sp³-hybridized carbons (Fsp3) is 0.133. The number of rotatable bonds is 21. The van der Waals surface area contributed by atoms with E-state index in [0.29, 0.717) is 6.07 Å². The molecule has 36 heteroatoms. The number of phenols is 1. The third-order valence-electron chi connectivity index (χ3n) is 7.53. The van der Waals surface area contributed by atoms with Crippen LogP contribution < -0.4 is 144 Å². The molecule has 25 nitrogen and oxygen atoms in total. The molecule has 0 saturated carbocycles. The van der Waals surface area contributed by atoms with Crippen molar-refractivity contribution in [3.63, 3.8) is 0 Å². The van der Waals surface area contributed by atoms with Gasteiger partial charge in [0.2, 0.25) is 5.95 Å². The van der Waals surface area contributed by atoms with Crippen molar-refractivity contribution in [2.45, 2.75) is 14.7 Å². The summed E-state index contributed by atoms with van der Waals surface area (Å²) in [5.74, 6) is -4.35. The van der Waals surface area contributed by atoms with Gasteiger partial charge in [0.15, 0.2) is 27.9 Å². The zero-order chi connectivity index (χ0) is 45.2. The van der Waals surface area contributed by atoms with Gasteiger partial charge in [-0.05, 0) is 54.6 Å². The number of hydrogen-bond donors (Lipinski definition) is 3. The second-order valence-electron chi connectivity index (χ2n) is 11.4. The van der Waals surface area contributed by atoms with Crippen LogP contribution in [-0.2, 0) is 53.0 Å². The van der Waals surface area contributed by atoms with Crippen molar-refractivity contribution < 1.29 is 205 Å². The maximum atomic E-state index is 13.7. The fourth-order valence-corrected chi connectivity index (χ4v) is 7.82. The molecule has 0 unspecified atom stereocenters. The number of halogens is 2. The molecule has 3 N–H and O–H groups in total. The Bertz CT molecular complexity index is 2870. The quantitative estimate of drug-likeness (QED) is 0.00707. The first-order chi connectivity index (χ1) is 29.3. The molecule has 1 heterocycles. The number of nitrogens with zero attached hydrogens (tertiary/aromatic N) is 6. The molecular formula is C30H22F2N8Na4O17S5. The summed E-state index contributed by atoms with van der Waals surface area (Å²) in [7, 11) is -13.1. The molecule has 0 amide bonds. The number of nitrogens with one attached hydrogen (secondary N) is 2. The second-order valence-corrected chi connectivity index (χ2v) is 17.5. The monoisotopic (exact) mass is 1060 g/mol. The maximum absolute atomic E-state index is 13.7. The number of aromatic hydroxyl groups is 1. The molecule has 1 aromatic heterocycles. The molecule has 0 atom stereocenters. The smallest absolute Gasteiger partial charge is 0.747 e. The summed E-state index contributed by atoms with van der Waals surface area (Å²) >= 11 is 0.191. The van der Waals surface area contributed by atoms with E-state index in [-0.39, 0.29) is 192 Å². The maximum Gasteiger partial charge on any atom is 1.00 e. The molecular weight excluding hydrogens is 1030 g/mol. The summed E-state index contributed by atoms with van der Waals surface area (Å²) in [6, 6.07) is 10.3. The van der Waals surface area contributed by atoms with Gasteiger partial charge in [-0.1, -0.05) is 0 Å². The third kappa shape index (κ3) is 17.8. The van der Waals surface area contributed by atoms with Gasteiger partial charge in [0, 0.05) is 22.5 Å². The molecule has 4 aromatic carbocycles. The van der Waals surface area contributed by atoms with Crippen LogP contribution in [0.15, 0.2) is 95.8 Å². The first kappa shape index (κ1) is 62.7. The zero-order valence-corrected chi connectivity index (χ0v) is 46.4. The number of azo groups is 2. The largest absolute Gasteiger partial charge is 1.00 e. The van der Waals surface area contributed by atoms with E-state index < -0.39 is 88.2 Å². The van der Waals surface area contributed by atoms with Crippen LogP contribution in [0.3, 0.4) is 0 Å². The van der Waals surface area contributed by atoms with Gasteiger partial charge in [-0.25, -0.2) is 25.3 Å². The van der Waals surface area contributed by atoms with Gasteiger partial charge in [0.25, 0.3) is 0 Å². The van der Waals surface area contributed by atoms with Gasteiger partial charge >= 0.3 is 124 Å². The van der Waals surface area contributed by atoms with E-state index in [1.807, 2.05) is 0 Å². The number of sulfone groups is 1. The molecule has 0 aliphatic rings. The van der Waals surface area contributed by atoms with E-state index in [2.05, 4.69) is 59.8 Å². The molecule has 0 aliphatic heterocycles. The number of benzene rings is 4. The van der Waals surface area contributed by atoms with Crippen LogP contribution in [0.4, 0.5) is 48.7 Å². The number of anilines is 3. The van der Waals surface area contributed by atoms with Crippen molar-refractivity contribution in [1.82, 2.24) is 9.97 Å². The van der Waals surface area contributed by atoms with Crippen molar-refractivity contribution in [2.75, 3.05) is 36.0 Å². The number of fused-ring (bicyclic) bond motifs is 1. The summed E-state index contributed by atoms with van der Waals surface area (Å²) < 4.78 is 143. The average molecular weight is 1060 g/mol. The van der Waals surface area contributed by atoms with E-state index in [4.69, 9.17) is 8.92 Å². The Kier molecular flexibility index (Phi) is 27.1. The summed E-state index contributed by atoms with van der Waals surface area (Å²) in [6.07, 6.45) is -1.45. The molecule has 0 spiro atoms. The first-order valence-corrected chi connectivity index (χ1v) is 22.1. The van der Waals surface area contributed by atoms with Crippen LogP contribution in [0.25, 0.3) is 10.8 Å². The SMILES string of the molecule is COc1ccc(S(=O)(=O)CCOSOO[O-])cc1N=Nc1c(NCS(=O)(=O)[O-])ccc2c(O)c(N=Nc3cc(Nc4cc(F)nc(F)n4)ccc3S(=O)(=O)[O-])c(SOO[O-])cc12.[Na+].[Na+].[Na+].[Na+]. The Morgan fingerprint density at radius 1 is 0.788 bits per heavy atom. The van der Waals surface area contributed by atoms with Crippen molar-refractivity contribution in [1.29, 1.82) is 0 Å². The molecule has 0 fully saturated rings. The molecule has 0 saturated heterocycles. The minimum absolute atomic E-state index is 0. The third-order valence-corrected chi connectivity index (χ3v) is 11.6. The first-order valence-electron chi connectivity index (χ1n) is 16.0. The Labute approximate surface area is 469 Å². The van der Waals surface area contributed by atoms with E-state index in [9.17, 15) is 58.8 Å². The Balaban J connectivity index is 0.00000544. The predicted octanol–water partition coefficient (Wildman–Crippen LogP) is -8.16. The molecule has 66 heavy (non-hydrogen) atoms. The van der Waals surface area contributed by atoms with Gasteiger partial charge in [-0.2, -0.15) is 23.1 Å². The minimum atomic E-state index is -5.28. The predicted molar refractivity (Wildman–Crippen MR) is 201 cm³/mol. The Morgan fingerprint density at radius 2 is 1.47 bits per heavy atom. The molecule has 5 rings (SSSR count). The molecule has 332 valence electrons. The van der Waals surface area contributed by atoms with E-state index in [1.54, 1.807) is 0 Å². The number of methoxy groups -OCH3 is 1. The van der Waals surface area contributed by atoms with E-state index >= 15 is 0 Å². The van der Waals surface area contributed by atoms with Crippen molar-refractivity contribution in [3.8, 4) is 11.5 Å². The van der Waals surface area contributed by atoms with Gasteiger partial charge in [0.05, 0.1) is 51.9 Å². The van der Waals surface area contributed by atoms with Crippen LogP contribution in [0.5, 0.6) is 11.5 Å². The topological polar surface area (TPSA) is 370 Å². The van der Waals surface area contributed by atoms with Gasteiger partial charge < -0.3 is 40.1 Å². The average Bonchev–Trinajstić information content (AvgIpc) is 3.19. The summed E-state index contributed by atoms with van der Waals surface area (Å²) in [4.78, 5) is 4.58. The van der Waals surface area contributed by atoms with Crippen LogP contribution in [0.2, 0.25) is 0 Å². The van der Waals surface area contributed by atoms with Crippen LogP contribution in [-0.4, -0.2) is 74.8 Å². The zero-order valence-electron chi connectivity index (χ0n) is 34.4. The van der Waals surface area contributed by atoms with E-state index in [1.165, 1.54) is 25.3 Å². The van der Waals surface area contributed by atoms with Crippen LogP contribution >= 0.6 is 24.4 Å². The summed E-state index contributed by atoms with van der Waals surface area (Å²) in [6.45, 7) is -0.462. The number of aromatic nitrogens is 2. The number of hydrogen-bond acceptors (Lipinski definition) is 27. The van der Waals surface area contributed by atoms with Crippen molar-refractivity contribution in [3.05, 3.63) is 72.7 Å². The number of ether oxygens (including phenoxy) is 1. The molecule has 0 bridgehead atoms. The Hall–Kier alpha value is -1.33. The van der Waals surface area contributed by atoms with Crippen molar-refractivity contribution >= 4 is 105 Å². The van der Waals surface area contributed by atoms with Gasteiger partial charge in [-0.3, -0.25) is 14.3 Å². The summed E-state index contributed by atoms with van der Waals surface area (Å²) in [5, 5.41) is 59.2. The van der Waals surface area contributed by atoms with Crippen LogP contribution in [0.1, 0.15) is 0 Å². The Morgan fingerprint density at radius 3 is 2.11 bits per heavy atom. The fourth-order valence-electron chi connectivity index (χ4n) is 4.99. The van der Waals surface area contributed by atoms with Crippen LogP contribution in [0, 0.1) is 12.0 Å². The summed E-state index contributed by atoms with van der Waals surface area (Å²) in [5.41, 5.74) is -2.17. The second kappa shape index (κ2) is 28.5. The van der Waals surface area contributed by atoms with Gasteiger partial charge in [-0.15, -0.1) is 24.8 Å². The standard InChI is InChI=1S/C30H26F2N8O17S5.4Na/c1-52-22-6-3-16(60(44,45)9-8-53-59-57-55-43)11-20(22)37-39-27-18-12-23(58-56-54-42)28(29(41)17(18)4-5-19(27)33-14-61(46,47)48)40-38-21-10-15(2-7-24(21)62(49,50)51)34-26-13-25(31)35-30(32)36-26;;;;/h2-7,10-13,33,41-43H,8-9,14H2,1H3,(H,34,35,36)(H,46,47,48)(H,49,50,51);;;;/q;4*+1/p-4.